The van der Waals surface area contributed by atoms with Crippen molar-refractivity contribution in [3.8, 4) is 0 Å². The quantitative estimate of drug-likeness (QED) is 0.548. The fourth-order valence-corrected chi connectivity index (χ4v) is 1.71. The molecule has 0 N–H and O–H groups in total. The number of allylic oxidation sites excluding steroid dienone is 2. The molecule has 0 aliphatic carbocycles. The average molecular weight is 231 g/mol. The highest BCUT2D eigenvalue weighted by molar-refractivity contribution is 6.19. The van der Waals surface area contributed by atoms with Gasteiger partial charge in [0.2, 0.25) is 0 Å². The minimum Gasteiger partial charge on any atom is -0.758 e. The summed E-state index contributed by atoms with van der Waals surface area (Å²) >= 11 is 5.66. The van der Waals surface area contributed by atoms with Gasteiger partial charge in [-0.2, -0.15) is 0 Å². The van der Waals surface area contributed by atoms with Crippen molar-refractivity contribution in [1.82, 2.24) is 5.06 Å². The van der Waals surface area contributed by atoms with Crippen LogP contribution in [0.1, 0.15) is 13.8 Å². The maximum atomic E-state index is 11.6. The number of halogens is 1. The van der Waals surface area contributed by atoms with E-state index < -0.39 is 12.0 Å². The molecule has 1 heterocycles. The fraction of sp³-hybridized carbons (Fsp3) is 0.500. The molecule has 1 aliphatic heterocycles. The average Bonchev–Trinajstić information content (AvgIpc) is 2.21. The predicted molar refractivity (Wildman–Crippen MR) is 58.2 cm³/mol. The summed E-state index contributed by atoms with van der Waals surface area (Å²) in [6.45, 7) is 3.76. The van der Waals surface area contributed by atoms with Crippen molar-refractivity contribution >= 4 is 17.6 Å². The number of hydrogen-bond acceptors (Lipinski definition) is 4. The molecule has 1 rings (SSSR count). The number of hydroxylamine groups is 2. The van der Waals surface area contributed by atoms with Gasteiger partial charge in [0.05, 0.1) is 18.2 Å². The summed E-state index contributed by atoms with van der Waals surface area (Å²) in [5, 5.41) is 12.1. The number of carbonyl (C=O) groups excluding carboxylic acids is 1. The SMILES string of the molecule is CCOC(=O)C1=C(C)C=CN([O-])C1CCl. The molecule has 4 nitrogen and oxygen atoms in total. The molecule has 15 heavy (non-hydrogen) atoms. The lowest BCUT2D eigenvalue weighted by atomic mass is 10.00. The van der Waals surface area contributed by atoms with Crippen LogP contribution in [0.3, 0.4) is 0 Å². The van der Waals surface area contributed by atoms with Gasteiger partial charge in [-0.15, -0.1) is 11.6 Å². The standard InChI is InChI=1S/C10H13ClNO3/c1-3-15-10(13)9-7(2)4-5-12(14)8(9)6-11/h4-5,8H,3,6H2,1-2H3/q-1. The summed E-state index contributed by atoms with van der Waals surface area (Å²) in [6.07, 6.45) is 2.95. The number of ether oxygens (including phenoxy) is 1. The summed E-state index contributed by atoms with van der Waals surface area (Å²) in [6, 6.07) is -0.643. The van der Waals surface area contributed by atoms with Crippen molar-refractivity contribution in [2.75, 3.05) is 12.5 Å². The van der Waals surface area contributed by atoms with Crippen LogP contribution in [0.4, 0.5) is 0 Å². The van der Waals surface area contributed by atoms with Gasteiger partial charge in [0.25, 0.3) is 0 Å². The lowest BCUT2D eigenvalue weighted by Crippen LogP contribution is -2.36. The first-order chi connectivity index (χ1) is 7.11. The van der Waals surface area contributed by atoms with Crippen LogP contribution in [-0.2, 0) is 9.53 Å². The first-order valence-corrected chi connectivity index (χ1v) is 5.22. The summed E-state index contributed by atoms with van der Waals surface area (Å²) in [5.74, 6) is -0.398. The molecule has 0 aromatic rings. The highest BCUT2D eigenvalue weighted by Gasteiger charge is 2.25. The van der Waals surface area contributed by atoms with E-state index in [0.717, 1.165) is 5.57 Å². The molecule has 0 aromatic heterocycles. The number of alkyl halides is 1. The number of rotatable bonds is 3. The third-order valence-electron chi connectivity index (χ3n) is 2.18. The number of nitrogens with zero attached hydrogens (tertiary/aromatic N) is 1. The summed E-state index contributed by atoms with van der Waals surface area (Å²) in [4.78, 5) is 11.6. The summed E-state index contributed by atoms with van der Waals surface area (Å²) in [5.41, 5.74) is 1.08. The van der Waals surface area contributed by atoms with Gasteiger partial charge in [0, 0.05) is 5.88 Å². The van der Waals surface area contributed by atoms with Gasteiger partial charge in [0.15, 0.2) is 0 Å². The van der Waals surface area contributed by atoms with Crippen LogP contribution in [0, 0.1) is 5.21 Å². The lowest BCUT2D eigenvalue weighted by Gasteiger charge is -2.38. The Kier molecular flexibility index (Phi) is 4.17. The van der Waals surface area contributed by atoms with Gasteiger partial charge >= 0.3 is 5.97 Å². The highest BCUT2D eigenvalue weighted by Crippen LogP contribution is 2.23. The molecule has 0 radical (unpaired) electrons. The largest absolute Gasteiger partial charge is 0.758 e. The van der Waals surface area contributed by atoms with Crippen LogP contribution >= 0.6 is 11.6 Å². The fourth-order valence-electron chi connectivity index (χ4n) is 1.42. The molecule has 0 aromatic carbocycles. The van der Waals surface area contributed by atoms with Crippen LogP contribution in [0.2, 0.25) is 0 Å². The molecule has 0 saturated carbocycles. The zero-order valence-corrected chi connectivity index (χ0v) is 9.45. The van der Waals surface area contributed by atoms with Crippen molar-refractivity contribution in [3.63, 3.8) is 0 Å². The van der Waals surface area contributed by atoms with Gasteiger partial charge < -0.3 is 15.0 Å². The number of esters is 1. The zero-order valence-electron chi connectivity index (χ0n) is 8.70. The minimum absolute atomic E-state index is 0.0688. The first-order valence-electron chi connectivity index (χ1n) is 4.69. The molecule has 0 bridgehead atoms. The zero-order chi connectivity index (χ0) is 11.4. The maximum Gasteiger partial charge on any atom is 0.336 e. The Labute approximate surface area is 93.7 Å². The second-order valence-electron chi connectivity index (χ2n) is 3.16. The Bertz CT molecular complexity index is 312. The summed E-state index contributed by atoms with van der Waals surface area (Å²) < 4.78 is 4.88. The molecule has 0 amide bonds. The van der Waals surface area contributed by atoms with Crippen LogP contribution in [0.15, 0.2) is 23.4 Å². The first kappa shape index (κ1) is 12.1. The number of hydrogen-bond donors (Lipinski definition) is 0. The van der Waals surface area contributed by atoms with Crippen molar-refractivity contribution < 1.29 is 9.53 Å². The molecule has 0 saturated heterocycles. The van der Waals surface area contributed by atoms with Crippen LogP contribution in [0.25, 0.3) is 0 Å². The normalized spacial score (nSPS) is 20.8. The predicted octanol–water partition coefficient (Wildman–Crippen LogP) is 1.80. The second-order valence-corrected chi connectivity index (χ2v) is 3.47. The third kappa shape index (κ3) is 2.52. The molecule has 1 atom stereocenters. The van der Waals surface area contributed by atoms with E-state index in [1.807, 2.05) is 0 Å². The van der Waals surface area contributed by atoms with Gasteiger partial charge in [-0.3, -0.25) is 0 Å². The highest BCUT2D eigenvalue weighted by atomic mass is 35.5. The molecule has 0 fully saturated rings. The second kappa shape index (κ2) is 5.19. The van der Waals surface area contributed by atoms with E-state index in [1.54, 1.807) is 19.9 Å². The molecule has 84 valence electrons. The van der Waals surface area contributed by atoms with E-state index in [2.05, 4.69) is 0 Å². The third-order valence-corrected chi connectivity index (χ3v) is 2.47. The Morgan fingerprint density at radius 3 is 2.93 bits per heavy atom. The lowest BCUT2D eigenvalue weighted by molar-refractivity contribution is -0.139. The topological polar surface area (TPSA) is 52.6 Å². The van der Waals surface area contributed by atoms with Gasteiger partial charge in [0.1, 0.15) is 0 Å². The molecule has 1 unspecified atom stereocenters. The van der Waals surface area contributed by atoms with Gasteiger partial charge in [-0.25, -0.2) is 4.79 Å². The van der Waals surface area contributed by atoms with E-state index in [1.165, 1.54) is 6.20 Å². The Balaban J connectivity index is 2.98. The van der Waals surface area contributed by atoms with Gasteiger partial charge in [-0.1, -0.05) is 0 Å². The monoisotopic (exact) mass is 230 g/mol. The van der Waals surface area contributed by atoms with E-state index in [-0.39, 0.29) is 12.5 Å². The van der Waals surface area contributed by atoms with Crippen LogP contribution in [-0.4, -0.2) is 29.6 Å². The smallest absolute Gasteiger partial charge is 0.336 e. The van der Waals surface area contributed by atoms with E-state index >= 15 is 0 Å². The Hall–Kier alpha value is -1.00. The van der Waals surface area contributed by atoms with E-state index in [9.17, 15) is 10.0 Å². The molecule has 5 heteroatoms. The van der Waals surface area contributed by atoms with Crippen molar-refractivity contribution in [3.05, 3.63) is 28.6 Å². The minimum atomic E-state index is -0.643. The maximum absolute atomic E-state index is 11.6. The Morgan fingerprint density at radius 1 is 1.73 bits per heavy atom. The summed E-state index contributed by atoms with van der Waals surface area (Å²) in [7, 11) is 0. The van der Waals surface area contributed by atoms with Crippen molar-refractivity contribution in [1.29, 1.82) is 0 Å². The van der Waals surface area contributed by atoms with E-state index in [4.69, 9.17) is 16.3 Å². The van der Waals surface area contributed by atoms with Crippen LogP contribution < -0.4 is 0 Å². The molecule has 1 aliphatic rings. The van der Waals surface area contributed by atoms with Crippen LogP contribution in [0.5, 0.6) is 0 Å². The van der Waals surface area contributed by atoms with Crippen molar-refractivity contribution in [2.45, 2.75) is 19.9 Å². The molecular formula is C10H13ClNO3-. The van der Waals surface area contributed by atoms with E-state index in [0.29, 0.717) is 10.6 Å². The van der Waals surface area contributed by atoms with Crippen molar-refractivity contribution in [2.24, 2.45) is 0 Å². The van der Waals surface area contributed by atoms with Gasteiger partial charge in [-0.05, 0) is 31.7 Å². The molecule has 0 spiro atoms. The molecular weight excluding hydrogens is 218 g/mol. The Morgan fingerprint density at radius 2 is 2.40 bits per heavy atom. The number of carbonyl (C=O) groups is 1.